The number of anilines is 2. The molecule has 2 saturated heterocycles. The molecule has 3 aliphatic rings. The molecule has 1 unspecified atom stereocenters. The summed E-state index contributed by atoms with van der Waals surface area (Å²) < 4.78 is 15.9. The number of nitrogens with zero attached hydrogens (tertiary/aromatic N) is 8. The zero-order valence-electron chi connectivity index (χ0n) is 32.2. The number of aldehydes is 1. The maximum absolute atomic E-state index is 14.1. The quantitative estimate of drug-likeness (QED) is 0.109. The fourth-order valence-corrected chi connectivity index (χ4v) is 7.81. The van der Waals surface area contributed by atoms with Gasteiger partial charge in [-0.05, 0) is 86.0 Å². The van der Waals surface area contributed by atoms with Crippen molar-refractivity contribution in [3.63, 3.8) is 0 Å². The lowest BCUT2D eigenvalue weighted by Gasteiger charge is -2.35. The van der Waals surface area contributed by atoms with Crippen molar-refractivity contribution < 1.29 is 28.4 Å². The van der Waals surface area contributed by atoms with E-state index in [1.807, 2.05) is 36.4 Å². The van der Waals surface area contributed by atoms with Crippen LogP contribution < -0.4 is 20.9 Å². The molecule has 7 rings (SSSR count). The number of imide groups is 1. The van der Waals surface area contributed by atoms with Crippen molar-refractivity contribution in [3.05, 3.63) is 108 Å². The third-order valence-corrected chi connectivity index (χ3v) is 10.8. The number of benzene rings is 1. The maximum atomic E-state index is 14.1. The number of nitrogens with one attached hydrogen (secondary N) is 1. The zero-order chi connectivity index (χ0) is 40.8. The Hall–Kier alpha value is -6.71. The molecule has 6 heterocycles. The van der Waals surface area contributed by atoms with Gasteiger partial charge in [0.2, 0.25) is 11.8 Å². The molecule has 0 bridgehead atoms. The summed E-state index contributed by atoms with van der Waals surface area (Å²) in [5, 5.41) is 7.44. The fourth-order valence-electron chi connectivity index (χ4n) is 7.81. The van der Waals surface area contributed by atoms with Gasteiger partial charge in [-0.25, -0.2) is 18.9 Å². The monoisotopic (exact) mass is 788 g/mol. The average Bonchev–Trinajstić information content (AvgIpc) is 3.97. The van der Waals surface area contributed by atoms with Crippen LogP contribution in [0.25, 0.3) is 17.0 Å². The number of halogens is 1. The van der Waals surface area contributed by atoms with Gasteiger partial charge < -0.3 is 30.5 Å². The first-order chi connectivity index (χ1) is 28.2. The largest absolute Gasteiger partial charge is 0.405 e. The van der Waals surface area contributed by atoms with E-state index in [2.05, 4.69) is 20.1 Å². The summed E-state index contributed by atoms with van der Waals surface area (Å²) >= 11 is 0. The van der Waals surface area contributed by atoms with E-state index in [4.69, 9.17) is 15.8 Å². The van der Waals surface area contributed by atoms with Crippen molar-refractivity contribution >= 4 is 47.2 Å². The number of hydrogen-bond donors (Lipinski definition) is 2. The molecule has 3 aliphatic heterocycles. The summed E-state index contributed by atoms with van der Waals surface area (Å²) in [5.41, 5.74) is 8.66. The van der Waals surface area contributed by atoms with E-state index in [9.17, 15) is 28.4 Å². The SMILES string of the molecule is CNC(=O)CCC(C=O)N1C(=O)C(/C=C\C=C\N)=C(CCC(=O)N2CCN(c3cccc(-c4cnc5ccc(N6CCC[C@@H]6c6cccc(F)c6)nn45)n3)CC2)C1=O. The summed E-state index contributed by atoms with van der Waals surface area (Å²) in [7, 11) is 1.46. The minimum Gasteiger partial charge on any atom is -0.405 e. The molecule has 4 amide bonds. The Balaban J connectivity index is 1.00. The number of pyridine rings is 1. The Kier molecular flexibility index (Phi) is 12.0. The van der Waals surface area contributed by atoms with Crippen LogP contribution in [0.3, 0.4) is 0 Å². The number of nitrogens with two attached hydrogens (primary N) is 1. The Labute approximate surface area is 334 Å². The van der Waals surface area contributed by atoms with Gasteiger partial charge in [0.25, 0.3) is 11.8 Å². The summed E-state index contributed by atoms with van der Waals surface area (Å²) in [6.07, 6.45) is 9.74. The van der Waals surface area contributed by atoms with Crippen molar-refractivity contribution in [2.45, 2.75) is 50.6 Å². The Morgan fingerprint density at radius 3 is 2.55 bits per heavy atom. The first-order valence-corrected chi connectivity index (χ1v) is 19.4. The number of fused-ring (bicyclic) bond motifs is 1. The number of hydrogen-bond acceptors (Lipinski definition) is 11. The molecule has 2 fully saturated rings. The van der Waals surface area contributed by atoms with Crippen molar-refractivity contribution in [1.29, 1.82) is 0 Å². The standard InChI is InChI=1S/C42H45FN10O5/c1-45-39(55)17-13-30(27-54)52-41(57)31(9-2-3-19-44)32(42(52)58)14-18-40(56)50-23-21-49(22-24-50)37-12-5-10-33(47-37)35-26-46-36-15-16-38(48-53(35)36)51-20-6-11-34(51)28-7-4-8-29(43)25-28/h2-5,7-10,12,15-16,19,25-27,30,34H,6,11,13-14,17-18,20-24,44H2,1H3,(H,45,55)/b9-2-,19-3+/t30?,34-/m1/s1. The van der Waals surface area contributed by atoms with Crippen molar-refractivity contribution in [2.24, 2.45) is 5.73 Å². The lowest BCUT2D eigenvalue weighted by molar-refractivity contribution is -0.143. The molecule has 4 aromatic rings. The highest BCUT2D eigenvalue weighted by molar-refractivity contribution is 6.21. The van der Waals surface area contributed by atoms with Crippen LogP contribution in [0.15, 0.2) is 96.4 Å². The third kappa shape index (κ3) is 8.21. The molecule has 1 aromatic carbocycles. The lowest BCUT2D eigenvalue weighted by atomic mass is 10.0. The van der Waals surface area contributed by atoms with Crippen LogP contribution in [0, 0.1) is 5.82 Å². The van der Waals surface area contributed by atoms with E-state index < -0.39 is 17.9 Å². The molecular formula is C42H45FN10O5. The maximum Gasteiger partial charge on any atom is 0.261 e. The Bertz CT molecular complexity index is 2310. The van der Waals surface area contributed by atoms with Gasteiger partial charge in [-0.2, -0.15) is 0 Å². The van der Waals surface area contributed by atoms with Gasteiger partial charge in [-0.15, -0.1) is 5.10 Å². The minimum atomic E-state index is -1.13. The normalized spacial score (nSPS) is 18.1. The summed E-state index contributed by atoms with van der Waals surface area (Å²) in [6, 6.07) is 15.3. The predicted molar refractivity (Wildman–Crippen MR) is 214 cm³/mol. The molecule has 58 heavy (non-hydrogen) atoms. The molecule has 3 N–H and O–H groups in total. The topological polar surface area (TPSA) is 179 Å². The van der Waals surface area contributed by atoms with Crippen molar-refractivity contribution in [3.8, 4) is 11.4 Å². The number of imidazole rings is 1. The average molecular weight is 789 g/mol. The molecule has 3 aromatic heterocycles. The molecule has 2 atom stereocenters. The van der Waals surface area contributed by atoms with Crippen molar-refractivity contribution in [2.75, 3.05) is 49.6 Å². The molecule has 300 valence electrons. The van der Waals surface area contributed by atoms with Gasteiger partial charge in [-0.1, -0.05) is 24.3 Å². The summed E-state index contributed by atoms with van der Waals surface area (Å²) in [6.45, 7) is 2.69. The van der Waals surface area contributed by atoms with Gasteiger partial charge in [-0.3, -0.25) is 24.1 Å². The van der Waals surface area contributed by atoms with E-state index >= 15 is 0 Å². The highest BCUT2D eigenvalue weighted by Gasteiger charge is 2.41. The van der Waals surface area contributed by atoms with E-state index in [1.165, 1.54) is 37.5 Å². The molecule has 0 saturated carbocycles. The minimum absolute atomic E-state index is 0.00493. The van der Waals surface area contributed by atoms with Crippen LogP contribution >= 0.6 is 0 Å². The number of carbonyl (C=O) groups is 5. The number of rotatable bonds is 14. The molecule has 0 radical (unpaired) electrons. The molecule has 16 heteroatoms. The number of allylic oxidation sites excluding steroid dienone is 2. The van der Waals surface area contributed by atoms with E-state index in [0.717, 1.165) is 47.2 Å². The second-order valence-electron chi connectivity index (χ2n) is 14.3. The molecule has 15 nitrogen and oxygen atoms in total. The van der Waals surface area contributed by atoms with Gasteiger partial charge in [0.1, 0.15) is 29.4 Å². The summed E-state index contributed by atoms with van der Waals surface area (Å²) in [5.74, 6) is -0.552. The van der Waals surface area contributed by atoms with Gasteiger partial charge in [0.15, 0.2) is 5.65 Å². The molecule has 0 spiro atoms. The number of aromatic nitrogens is 4. The van der Waals surface area contributed by atoms with Crippen LogP contribution in [0.5, 0.6) is 0 Å². The highest BCUT2D eigenvalue weighted by atomic mass is 19.1. The second-order valence-corrected chi connectivity index (χ2v) is 14.3. The Morgan fingerprint density at radius 1 is 0.983 bits per heavy atom. The van der Waals surface area contributed by atoms with E-state index in [0.29, 0.717) is 43.8 Å². The first kappa shape index (κ1) is 39.5. The molecule has 0 aliphatic carbocycles. The fraction of sp³-hybridized carbons (Fsp3) is 0.333. The number of carbonyl (C=O) groups excluding carboxylic acids is 5. The summed E-state index contributed by atoms with van der Waals surface area (Å²) in [4.78, 5) is 80.7. The predicted octanol–water partition coefficient (Wildman–Crippen LogP) is 3.49. The van der Waals surface area contributed by atoms with Gasteiger partial charge >= 0.3 is 0 Å². The third-order valence-electron chi connectivity index (χ3n) is 10.8. The second kappa shape index (κ2) is 17.6. The van der Waals surface area contributed by atoms with E-state index in [-0.39, 0.29) is 60.5 Å². The van der Waals surface area contributed by atoms with E-state index in [1.54, 1.807) is 27.7 Å². The van der Waals surface area contributed by atoms with Crippen LogP contribution in [0.2, 0.25) is 0 Å². The number of amides is 4. The van der Waals surface area contributed by atoms with Crippen molar-refractivity contribution in [1.82, 2.24) is 34.7 Å². The van der Waals surface area contributed by atoms with Crippen LogP contribution in [0.4, 0.5) is 16.0 Å². The Morgan fingerprint density at radius 2 is 1.79 bits per heavy atom. The first-order valence-electron chi connectivity index (χ1n) is 19.4. The van der Waals surface area contributed by atoms with Crippen LogP contribution in [0.1, 0.15) is 50.1 Å². The van der Waals surface area contributed by atoms with Gasteiger partial charge in [0, 0.05) is 63.8 Å². The highest BCUT2D eigenvalue weighted by Crippen LogP contribution is 2.36. The van der Waals surface area contributed by atoms with Crippen LogP contribution in [-0.2, 0) is 24.0 Å². The lowest BCUT2D eigenvalue weighted by Crippen LogP contribution is -2.49. The zero-order valence-corrected chi connectivity index (χ0v) is 32.2. The smallest absolute Gasteiger partial charge is 0.261 e. The van der Waals surface area contributed by atoms with Gasteiger partial charge in [0.05, 0.1) is 24.0 Å². The van der Waals surface area contributed by atoms with Crippen LogP contribution in [-0.4, -0.2) is 105 Å². The number of piperazine rings is 1. The molecular weight excluding hydrogens is 744 g/mol.